The van der Waals surface area contributed by atoms with Crippen LogP contribution < -0.4 is 11.4 Å². The molecule has 4 nitrogen and oxygen atoms in total. The molecule has 0 aliphatic rings. The molecule has 0 spiro atoms. The van der Waals surface area contributed by atoms with Crippen LogP contribution >= 0.6 is 11.6 Å². The Morgan fingerprint density at radius 2 is 2.06 bits per heavy atom. The highest BCUT2D eigenvalue weighted by Crippen LogP contribution is 2.19. The van der Waals surface area contributed by atoms with E-state index in [0.717, 1.165) is 11.3 Å². The number of aromatic nitrogens is 2. The molecular weight excluding hydrogens is 250 g/mol. The van der Waals surface area contributed by atoms with Crippen LogP contribution in [0, 0.1) is 13.8 Å². The summed E-state index contributed by atoms with van der Waals surface area (Å²) in [5, 5.41) is 0.594. The number of benzene rings is 1. The Morgan fingerprint density at radius 1 is 1.33 bits per heavy atom. The number of aryl methyl sites for hydroxylation is 2. The van der Waals surface area contributed by atoms with Gasteiger partial charge in [0.05, 0.1) is 6.54 Å². The molecule has 0 aliphatic carbocycles. The second-order valence-corrected chi connectivity index (χ2v) is 4.67. The van der Waals surface area contributed by atoms with E-state index in [1.54, 1.807) is 29.7 Å². The van der Waals surface area contributed by atoms with Gasteiger partial charge in [-0.25, -0.2) is 4.79 Å². The van der Waals surface area contributed by atoms with E-state index >= 15 is 0 Å². The number of nitrogens with two attached hydrogens (primary N) is 1. The van der Waals surface area contributed by atoms with Crippen molar-refractivity contribution in [3.63, 3.8) is 0 Å². The van der Waals surface area contributed by atoms with Gasteiger partial charge in [-0.3, -0.25) is 4.57 Å². The molecule has 0 bridgehead atoms. The predicted molar refractivity (Wildman–Crippen MR) is 72.9 cm³/mol. The molecule has 0 saturated heterocycles. The van der Waals surface area contributed by atoms with Gasteiger partial charge < -0.3 is 5.73 Å². The molecule has 18 heavy (non-hydrogen) atoms. The lowest BCUT2D eigenvalue weighted by atomic mass is 10.2. The first-order valence-corrected chi connectivity index (χ1v) is 5.94. The number of hydrogen-bond donors (Lipinski definition) is 1. The zero-order chi connectivity index (χ0) is 13.3. The Labute approximate surface area is 110 Å². The summed E-state index contributed by atoms with van der Waals surface area (Å²) >= 11 is 6.09. The third-order valence-corrected chi connectivity index (χ3v) is 3.11. The van der Waals surface area contributed by atoms with Gasteiger partial charge in [0.1, 0.15) is 0 Å². The van der Waals surface area contributed by atoms with Crippen molar-refractivity contribution < 1.29 is 0 Å². The van der Waals surface area contributed by atoms with Crippen LogP contribution in [0.5, 0.6) is 0 Å². The monoisotopic (exact) mass is 263 g/mol. The summed E-state index contributed by atoms with van der Waals surface area (Å²) in [5.41, 5.74) is 8.45. The summed E-state index contributed by atoms with van der Waals surface area (Å²) in [6, 6.07) is 7.10. The minimum atomic E-state index is -0.272. The maximum absolute atomic E-state index is 11.8. The average molecular weight is 264 g/mol. The van der Waals surface area contributed by atoms with Gasteiger partial charge >= 0.3 is 5.69 Å². The summed E-state index contributed by atoms with van der Waals surface area (Å²) in [6.07, 6.45) is 0. The molecule has 1 aromatic carbocycles. The lowest BCUT2D eigenvalue weighted by molar-refractivity contribution is 0.694. The molecule has 5 heteroatoms. The van der Waals surface area contributed by atoms with Crippen LogP contribution in [0.1, 0.15) is 17.0 Å². The fourth-order valence-corrected chi connectivity index (χ4v) is 2.03. The van der Waals surface area contributed by atoms with Crippen molar-refractivity contribution in [3.05, 3.63) is 56.7 Å². The highest BCUT2D eigenvalue weighted by atomic mass is 35.5. The molecule has 0 fully saturated rings. The van der Waals surface area contributed by atoms with Gasteiger partial charge in [-0.15, -0.1) is 0 Å². The zero-order valence-corrected chi connectivity index (χ0v) is 11.0. The van der Waals surface area contributed by atoms with E-state index in [9.17, 15) is 4.79 Å². The fourth-order valence-electron chi connectivity index (χ4n) is 1.85. The number of nitrogen functional groups attached to an aromatic ring is 1. The SMILES string of the molecule is Cc1cc(C)n(Cc2cc(N)ccc2Cl)c(=O)n1. The van der Waals surface area contributed by atoms with Gasteiger partial charge in [-0.2, -0.15) is 4.98 Å². The predicted octanol–water partition coefficient (Wildman–Crippen LogP) is 2.14. The molecule has 2 rings (SSSR count). The molecule has 0 unspecified atom stereocenters. The van der Waals surface area contributed by atoms with Crippen molar-refractivity contribution >= 4 is 17.3 Å². The van der Waals surface area contributed by atoms with E-state index in [0.29, 0.717) is 22.9 Å². The van der Waals surface area contributed by atoms with Gasteiger partial charge in [0.2, 0.25) is 0 Å². The Hall–Kier alpha value is -1.81. The van der Waals surface area contributed by atoms with Gasteiger partial charge in [0.25, 0.3) is 0 Å². The molecule has 94 valence electrons. The molecule has 2 N–H and O–H groups in total. The Balaban J connectivity index is 2.46. The zero-order valence-electron chi connectivity index (χ0n) is 10.3. The minimum Gasteiger partial charge on any atom is -0.399 e. The topological polar surface area (TPSA) is 60.9 Å². The molecule has 0 atom stereocenters. The van der Waals surface area contributed by atoms with E-state index in [4.69, 9.17) is 17.3 Å². The second kappa shape index (κ2) is 4.82. The van der Waals surface area contributed by atoms with E-state index in [-0.39, 0.29) is 5.69 Å². The van der Waals surface area contributed by atoms with Gasteiger partial charge in [0.15, 0.2) is 0 Å². The van der Waals surface area contributed by atoms with Crippen LogP contribution in [0.4, 0.5) is 5.69 Å². The van der Waals surface area contributed by atoms with Crippen LogP contribution in [0.25, 0.3) is 0 Å². The maximum Gasteiger partial charge on any atom is 0.348 e. The Kier molecular flexibility index (Phi) is 3.39. The molecule has 1 aromatic heterocycles. The number of nitrogens with zero attached hydrogens (tertiary/aromatic N) is 2. The van der Waals surface area contributed by atoms with Crippen molar-refractivity contribution in [2.75, 3.05) is 5.73 Å². The summed E-state index contributed by atoms with van der Waals surface area (Å²) < 4.78 is 1.58. The Bertz CT molecular complexity index is 649. The van der Waals surface area contributed by atoms with E-state index in [2.05, 4.69) is 4.98 Å². The normalized spacial score (nSPS) is 10.6. The molecule has 0 aliphatic heterocycles. The van der Waals surface area contributed by atoms with Gasteiger partial charge in [0, 0.05) is 22.1 Å². The van der Waals surface area contributed by atoms with Gasteiger partial charge in [-0.1, -0.05) is 11.6 Å². The first kappa shape index (κ1) is 12.6. The quantitative estimate of drug-likeness (QED) is 0.845. The minimum absolute atomic E-state index is 0.272. The number of rotatable bonds is 2. The van der Waals surface area contributed by atoms with Crippen LogP contribution in [-0.2, 0) is 6.54 Å². The average Bonchev–Trinajstić information content (AvgIpc) is 2.28. The summed E-state index contributed by atoms with van der Waals surface area (Å²) in [4.78, 5) is 15.8. The number of halogens is 1. The smallest absolute Gasteiger partial charge is 0.348 e. The molecule has 0 saturated carbocycles. The molecular formula is C13H14ClN3O. The third-order valence-electron chi connectivity index (χ3n) is 2.74. The van der Waals surface area contributed by atoms with Crippen molar-refractivity contribution in [1.29, 1.82) is 0 Å². The van der Waals surface area contributed by atoms with Crippen molar-refractivity contribution in [2.24, 2.45) is 0 Å². The van der Waals surface area contributed by atoms with E-state index in [1.807, 2.05) is 13.0 Å². The van der Waals surface area contributed by atoms with Gasteiger partial charge in [-0.05, 0) is 43.7 Å². The highest BCUT2D eigenvalue weighted by Gasteiger charge is 2.07. The first-order chi connectivity index (χ1) is 8.47. The second-order valence-electron chi connectivity index (χ2n) is 4.26. The number of anilines is 1. The van der Waals surface area contributed by atoms with Crippen molar-refractivity contribution in [2.45, 2.75) is 20.4 Å². The Morgan fingerprint density at radius 3 is 2.72 bits per heavy atom. The van der Waals surface area contributed by atoms with Crippen LogP contribution in [-0.4, -0.2) is 9.55 Å². The van der Waals surface area contributed by atoms with Crippen LogP contribution in [0.2, 0.25) is 5.02 Å². The summed E-state index contributed by atoms with van der Waals surface area (Å²) in [5.74, 6) is 0. The molecule has 0 amide bonds. The first-order valence-electron chi connectivity index (χ1n) is 5.56. The molecule has 0 radical (unpaired) electrons. The summed E-state index contributed by atoms with van der Waals surface area (Å²) in [7, 11) is 0. The lowest BCUT2D eigenvalue weighted by Crippen LogP contribution is -2.26. The maximum atomic E-state index is 11.8. The lowest BCUT2D eigenvalue weighted by Gasteiger charge is -2.11. The van der Waals surface area contributed by atoms with E-state index in [1.165, 1.54) is 0 Å². The standard InChI is InChI=1S/C13H14ClN3O/c1-8-5-9(2)17(13(18)16-8)7-10-6-11(15)3-4-12(10)14/h3-6H,7,15H2,1-2H3. The molecule has 1 heterocycles. The summed E-state index contributed by atoms with van der Waals surface area (Å²) in [6.45, 7) is 4.05. The fraction of sp³-hybridized carbons (Fsp3) is 0.231. The molecule has 2 aromatic rings. The van der Waals surface area contributed by atoms with Crippen LogP contribution in [0.15, 0.2) is 29.1 Å². The largest absolute Gasteiger partial charge is 0.399 e. The van der Waals surface area contributed by atoms with E-state index < -0.39 is 0 Å². The van der Waals surface area contributed by atoms with Crippen molar-refractivity contribution in [1.82, 2.24) is 9.55 Å². The van der Waals surface area contributed by atoms with Crippen molar-refractivity contribution in [3.8, 4) is 0 Å². The van der Waals surface area contributed by atoms with Crippen LogP contribution in [0.3, 0.4) is 0 Å². The highest BCUT2D eigenvalue weighted by molar-refractivity contribution is 6.31. The third kappa shape index (κ3) is 2.54. The number of hydrogen-bond acceptors (Lipinski definition) is 3.